The third kappa shape index (κ3) is 1.89. The quantitative estimate of drug-likeness (QED) is 0.436. The first kappa shape index (κ1) is 16.8. The second-order valence-corrected chi connectivity index (χ2v) is 10.4. The SMILES string of the molecule is C[C@]12CC[C@H](O)C=C1CC[C@@H]1[C@@H]2CC[C@]2(C)[C@@H](C3=CC(=O)OC3)C[C@H]3O[C@]132. The van der Waals surface area contributed by atoms with E-state index in [1.807, 2.05) is 0 Å². The van der Waals surface area contributed by atoms with Crippen LogP contribution in [0.3, 0.4) is 0 Å². The molecule has 6 rings (SSSR count). The van der Waals surface area contributed by atoms with Gasteiger partial charge in [0.15, 0.2) is 0 Å². The maximum atomic E-state index is 11.7. The van der Waals surface area contributed by atoms with E-state index in [0.29, 0.717) is 30.5 Å². The highest BCUT2D eigenvalue weighted by molar-refractivity contribution is 5.85. The Labute approximate surface area is 161 Å². The summed E-state index contributed by atoms with van der Waals surface area (Å²) in [4.78, 5) is 11.7. The predicted octanol–water partition coefficient (Wildman–Crippen LogP) is 3.54. The number of aliphatic hydroxyl groups is 1. The van der Waals surface area contributed by atoms with E-state index in [0.717, 1.165) is 25.7 Å². The average molecular weight is 370 g/mol. The third-order valence-electron chi connectivity index (χ3n) is 9.64. The van der Waals surface area contributed by atoms with Gasteiger partial charge in [-0.25, -0.2) is 4.79 Å². The molecule has 0 amide bonds. The number of hydrogen-bond donors (Lipinski definition) is 1. The van der Waals surface area contributed by atoms with Gasteiger partial charge in [0, 0.05) is 11.5 Å². The van der Waals surface area contributed by atoms with Crippen molar-refractivity contribution < 1.29 is 19.4 Å². The summed E-state index contributed by atoms with van der Waals surface area (Å²) in [6, 6.07) is 0. The molecule has 1 spiro atoms. The molecule has 0 unspecified atom stereocenters. The van der Waals surface area contributed by atoms with Gasteiger partial charge in [0.1, 0.15) is 12.2 Å². The van der Waals surface area contributed by atoms with Crippen LogP contribution in [-0.2, 0) is 14.3 Å². The number of fused-ring (bicyclic) bond motifs is 3. The molecule has 4 heteroatoms. The van der Waals surface area contributed by atoms with Crippen molar-refractivity contribution in [2.75, 3.05) is 6.61 Å². The van der Waals surface area contributed by atoms with E-state index >= 15 is 0 Å². The van der Waals surface area contributed by atoms with Gasteiger partial charge < -0.3 is 14.6 Å². The van der Waals surface area contributed by atoms with E-state index < -0.39 is 0 Å². The second kappa shape index (κ2) is 5.07. The lowest BCUT2D eigenvalue weighted by Gasteiger charge is -2.58. The summed E-state index contributed by atoms with van der Waals surface area (Å²) in [6.07, 6.45) is 11.8. The Kier molecular flexibility index (Phi) is 3.15. The zero-order valence-corrected chi connectivity index (χ0v) is 16.4. The topological polar surface area (TPSA) is 59.1 Å². The molecular formula is C23H30O4. The first-order chi connectivity index (χ1) is 12.9. The monoisotopic (exact) mass is 370 g/mol. The number of carbonyl (C=O) groups is 1. The Bertz CT molecular complexity index is 783. The molecule has 2 aliphatic heterocycles. The molecule has 0 aromatic carbocycles. The van der Waals surface area contributed by atoms with E-state index in [-0.39, 0.29) is 28.5 Å². The van der Waals surface area contributed by atoms with E-state index in [1.165, 1.54) is 30.4 Å². The van der Waals surface area contributed by atoms with Crippen molar-refractivity contribution in [2.24, 2.45) is 28.6 Å². The van der Waals surface area contributed by atoms with Gasteiger partial charge in [0.2, 0.25) is 0 Å². The van der Waals surface area contributed by atoms with Crippen LogP contribution in [0.5, 0.6) is 0 Å². The van der Waals surface area contributed by atoms with Crippen molar-refractivity contribution in [2.45, 2.75) is 76.6 Å². The molecule has 8 atom stereocenters. The number of hydrogen-bond acceptors (Lipinski definition) is 4. The maximum Gasteiger partial charge on any atom is 0.331 e. The molecule has 0 bridgehead atoms. The number of epoxide rings is 1. The van der Waals surface area contributed by atoms with E-state index in [4.69, 9.17) is 9.47 Å². The number of cyclic esters (lactones) is 1. The van der Waals surface area contributed by atoms with Crippen LogP contribution in [0.4, 0.5) is 0 Å². The fourth-order valence-corrected chi connectivity index (χ4v) is 8.29. The molecule has 0 aromatic heterocycles. The average Bonchev–Trinajstić information content (AvgIpc) is 3.09. The van der Waals surface area contributed by atoms with Crippen molar-refractivity contribution in [3.05, 3.63) is 23.3 Å². The van der Waals surface area contributed by atoms with Crippen LogP contribution in [0.2, 0.25) is 0 Å². The van der Waals surface area contributed by atoms with Crippen LogP contribution < -0.4 is 0 Å². The maximum absolute atomic E-state index is 11.7. The van der Waals surface area contributed by atoms with Crippen LogP contribution in [-0.4, -0.2) is 35.5 Å². The molecule has 27 heavy (non-hydrogen) atoms. The molecule has 1 saturated heterocycles. The lowest BCUT2D eigenvalue weighted by atomic mass is 9.46. The normalized spacial score (nSPS) is 55.5. The van der Waals surface area contributed by atoms with Crippen molar-refractivity contribution in [3.8, 4) is 0 Å². The summed E-state index contributed by atoms with van der Waals surface area (Å²) >= 11 is 0. The van der Waals surface area contributed by atoms with Crippen LogP contribution in [0, 0.1) is 28.6 Å². The Morgan fingerprint density at radius 3 is 2.78 bits per heavy atom. The Hall–Kier alpha value is -1.13. The summed E-state index contributed by atoms with van der Waals surface area (Å²) in [5, 5.41) is 10.1. The van der Waals surface area contributed by atoms with E-state index in [2.05, 4.69) is 19.9 Å². The lowest BCUT2D eigenvalue weighted by molar-refractivity contribution is -0.135. The molecule has 0 radical (unpaired) electrons. The van der Waals surface area contributed by atoms with Gasteiger partial charge in [0.25, 0.3) is 0 Å². The first-order valence-electron chi connectivity index (χ1n) is 10.8. The summed E-state index contributed by atoms with van der Waals surface area (Å²) in [7, 11) is 0. The highest BCUT2D eigenvalue weighted by Crippen LogP contribution is 2.77. The van der Waals surface area contributed by atoms with Crippen LogP contribution in [0.25, 0.3) is 0 Å². The van der Waals surface area contributed by atoms with Crippen molar-refractivity contribution in [1.82, 2.24) is 0 Å². The largest absolute Gasteiger partial charge is 0.458 e. The van der Waals surface area contributed by atoms with Gasteiger partial charge in [-0.2, -0.15) is 0 Å². The first-order valence-corrected chi connectivity index (χ1v) is 10.8. The zero-order chi connectivity index (χ0) is 18.6. The van der Waals surface area contributed by atoms with Gasteiger partial charge in [-0.05, 0) is 73.7 Å². The minimum atomic E-state index is -0.246. The van der Waals surface area contributed by atoms with Crippen molar-refractivity contribution in [1.29, 1.82) is 0 Å². The number of rotatable bonds is 1. The standard InChI is InChI=1S/C23H30O4/c1-21-7-5-15(24)10-14(21)3-4-17-16(21)6-8-22(2)18(11-19-23(17,22)27-19)13-9-20(25)26-12-13/h9-10,15-19,24H,3-8,11-12H2,1-2H3/t15-,16-,17+,18+,19+,21-,22+,23+/m0/s1. The van der Waals surface area contributed by atoms with Gasteiger partial charge in [0.05, 0.1) is 12.2 Å². The number of aliphatic hydroxyl groups excluding tert-OH is 1. The zero-order valence-electron chi connectivity index (χ0n) is 16.4. The van der Waals surface area contributed by atoms with Gasteiger partial charge >= 0.3 is 5.97 Å². The van der Waals surface area contributed by atoms with Crippen molar-refractivity contribution >= 4 is 5.97 Å². The van der Waals surface area contributed by atoms with E-state index in [9.17, 15) is 9.90 Å². The fourth-order valence-electron chi connectivity index (χ4n) is 8.29. The fraction of sp³-hybridized carbons (Fsp3) is 0.783. The third-order valence-corrected chi connectivity index (χ3v) is 9.64. The molecule has 3 saturated carbocycles. The molecule has 4 fully saturated rings. The summed E-state index contributed by atoms with van der Waals surface area (Å²) < 4.78 is 11.8. The number of ether oxygens (including phenoxy) is 2. The number of allylic oxidation sites excluding steroid dienone is 1. The molecule has 2 heterocycles. The molecular weight excluding hydrogens is 340 g/mol. The summed E-state index contributed by atoms with van der Waals surface area (Å²) in [5.41, 5.74) is 3.09. The van der Waals surface area contributed by atoms with Crippen LogP contribution >= 0.6 is 0 Å². The predicted molar refractivity (Wildman–Crippen MR) is 99.7 cm³/mol. The lowest BCUT2D eigenvalue weighted by Crippen LogP contribution is -2.56. The second-order valence-electron chi connectivity index (χ2n) is 10.4. The van der Waals surface area contributed by atoms with Gasteiger partial charge in [-0.1, -0.05) is 25.5 Å². The Morgan fingerprint density at radius 1 is 1.15 bits per heavy atom. The van der Waals surface area contributed by atoms with Gasteiger partial charge in [-0.15, -0.1) is 0 Å². The molecule has 6 aliphatic rings. The summed E-state index contributed by atoms with van der Waals surface area (Å²) in [6.45, 7) is 5.37. The number of carbonyl (C=O) groups excluding carboxylic acids is 1. The molecule has 0 aromatic rings. The molecule has 146 valence electrons. The molecule has 4 nitrogen and oxygen atoms in total. The summed E-state index contributed by atoms with van der Waals surface area (Å²) in [5.74, 6) is 1.54. The minimum Gasteiger partial charge on any atom is -0.458 e. The van der Waals surface area contributed by atoms with Crippen LogP contribution in [0.15, 0.2) is 23.3 Å². The molecule has 4 aliphatic carbocycles. The van der Waals surface area contributed by atoms with Crippen LogP contribution in [0.1, 0.15) is 58.8 Å². The Balaban J connectivity index is 1.37. The minimum absolute atomic E-state index is 0.0116. The van der Waals surface area contributed by atoms with Crippen molar-refractivity contribution in [3.63, 3.8) is 0 Å². The Morgan fingerprint density at radius 2 is 2.00 bits per heavy atom. The highest BCUT2D eigenvalue weighted by atomic mass is 16.6. The van der Waals surface area contributed by atoms with E-state index in [1.54, 1.807) is 6.08 Å². The highest BCUT2D eigenvalue weighted by Gasteiger charge is 2.80. The van der Waals surface area contributed by atoms with Gasteiger partial charge in [-0.3, -0.25) is 0 Å². The number of esters is 1. The smallest absolute Gasteiger partial charge is 0.331 e. The molecule has 1 N–H and O–H groups in total.